The van der Waals surface area contributed by atoms with Crippen molar-refractivity contribution in [2.45, 2.75) is 30.7 Å². The summed E-state index contributed by atoms with van der Waals surface area (Å²) in [4.78, 5) is 6.54. The van der Waals surface area contributed by atoms with Crippen LogP contribution in [-0.2, 0) is 10.0 Å². The summed E-state index contributed by atoms with van der Waals surface area (Å²) in [6.45, 7) is 4.69. The van der Waals surface area contributed by atoms with Gasteiger partial charge >= 0.3 is 0 Å². The number of hydrogen-bond donors (Lipinski definition) is 1. The Hall–Kier alpha value is -2.45. The van der Waals surface area contributed by atoms with Crippen molar-refractivity contribution >= 4 is 26.7 Å². The summed E-state index contributed by atoms with van der Waals surface area (Å²) in [6.07, 6.45) is 5.26. The molecule has 6 nitrogen and oxygen atoms in total. The Bertz CT molecular complexity index is 1090. The predicted molar refractivity (Wildman–Crippen MR) is 108 cm³/mol. The highest BCUT2D eigenvalue weighted by molar-refractivity contribution is 7.90. The largest absolute Gasteiger partial charge is 0.368 e. The van der Waals surface area contributed by atoms with Gasteiger partial charge in [0.25, 0.3) is 10.0 Å². The zero-order valence-electron chi connectivity index (χ0n) is 15.7. The minimum absolute atomic E-state index is 0.0781. The molecule has 0 saturated carbocycles. The fourth-order valence-electron chi connectivity index (χ4n) is 3.80. The second-order valence-electron chi connectivity index (χ2n) is 6.96. The molecule has 1 aliphatic rings. The third-order valence-corrected chi connectivity index (χ3v) is 6.86. The van der Waals surface area contributed by atoms with E-state index < -0.39 is 15.8 Å². The van der Waals surface area contributed by atoms with Crippen molar-refractivity contribution in [1.82, 2.24) is 14.3 Å². The quantitative estimate of drug-likeness (QED) is 0.711. The van der Waals surface area contributed by atoms with Gasteiger partial charge in [0.15, 0.2) is 0 Å². The van der Waals surface area contributed by atoms with Crippen LogP contribution in [0.15, 0.2) is 53.7 Å². The number of nitrogens with zero attached hydrogens (tertiary/aromatic N) is 3. The van der Waals surface area contributed by atoms with Crippen molar-refractivity contribution in [3.05, 3.63) is 54.6 Å². The van der Waals surface area contributed by atoms with Gasteiger partial charge in [-0.05, 0) is 49.7 Å². The first-order valence-electron chi connectivity index (χ1n) is 9.46. The number of benzene rings is 1. The highest BCUT2D eigenvalue weighted by Crippen LogP contribution is 2.32. The molecule has 4 rings (SSSR count). The van der Waals surface area contributed by atoms with Crippen LogP contribution in [0.2, 0.25) is 0 Å². The SMILES string of the molecule is CCNC1CCN(c2cn(S(=O)(=O)c3cccc(F)c3)c3cccnc23)CC1. The third kappa shape index (κ3) is 3.38. The normalized spacial score (nSPS) is 16.0. The summed E-state index contributed by atoms with van der Waals surface area (Å²) in [6, 6.07) is 9.00. The van der Waals surface area contributed by atoms with E-state index in [0.717, 1.165) is 44.2 Å². The van der Waals surface area contributed by atoms with Gasteiger partial charge in [0.2, 0.25) is 0 Å². The summed E-state index contributed by atoms with van der Waals surface area (Å²) in [7, 11) is -3.93. The van der Waals surface area contributed by atoms with Crippen LogP contribution < -0.4 is 10.2 Å². The molecule has 3 heterocycles. The summed E-state index contributed by atoms with van der Waals surface area (Å²) in [5, 5.41) is 3.47. The van der Waals surface area contributed by atoms with Gasteiger partial charge in [-0.3, -0.25) is 4.98 Å². The fourth-order valence-corrected chi connectivity index (χ4v) is 5.18. The number of fused-ring (bicyclic) bond motifs is 1. The molecule has 8 heteroatoms. The summed E-state index contributed by atoms with van der Waals surface area (Å²) in [5.74, 6) is -0.582. The molecule has 0 bridgehead atoms. The molecule has 0 amide bonds. The molecule has 2 aromatic heterocycles. The van der Waals surface area contributed by atoms with Gasteiger partial charge in [0.1, 0.15) is 11.3 Å². The molecule has 1 aliphatic heterocycles. The molecule has 148 valence electrons. The van der Waals surface area contributed by atoms with Crippen molar-refractivity contribution in [2.75, 3.05) is 24.5 Å². The number of aromatic nitrogens is 2. The van der Waals surface area contributed by atoms with E-state index in [2.05, 4.69) is 22.1 Å². The maximum Gasteiger partial charge on any atom is 0.268 e. The Kier molecular flexibility index (Phi) is 5.07. The second-order valence-corrected chi connectivity index (χ2v) is 8.78. The van der Waals surface area contributed by atoms with E-state index in [-0.39, 0.29) is 4.90 Å². The Morgan fingerprint density at radius 3 is 2.71 bits per heavy atom. The molecule has 1 aromatic carbocycles. The van der Waals surface area contributed by atoms with Gasteiger partial charge in [-0.25, -0.2) is 16.8 Å². The monoisotopic (exact) mass is 402 g/mol. The highest BCUT2D eigenvalue weighted by Gasteiger charge is 2.26. The Morgan fingerprint density at radius 2 is 2.00 bits per heavy atom. The molecule has 0 radical (unpaired) electrons. The molecular weight excluding hydrogens is 379 g/mol. The number of piperidine rings is 1. The Morgan fingerprint density at radius 1 is 1.21 bits per heavy atom. The highest BCUT2D eigenvalue weighted by atomic mass is 32.2. The lowest BCUT2D eigenvalue weighted by atomic mass is 10.0. The fraction of sp³-hybridized carbons (Fsp3) is 0.350. The zero-order chi connectivity index (χ0) is 19.7. The molecule has 0 unspecified atom stereocenters. The van der Waals surface area contributed by atoms with Gasteiger partial charge in [-0.15, -0.1) is 0 Å². The van der Waals surface area contributed by atoms with Crippen molar-refractivity contribution in [2.24, 2.45) is 0 Å². The first-order valence-corrected chi connectivity index (χ1v) is 10.9. The number of halogens is 1. The second kappa shape index (κ2) is 7.52. The standard InChI is InChI=1S/C20H23FN4O2S/c1-2-22-16-8-11-24(12-9-16)19-14-25(18-7-4-10-23-20(18)19)28(26,27)17-6-3-5-15(21)13-17/h3-7,10,13-14,16,22H,2,8-9,11-12H2,1H3. The molecule has 0 atom stereocenters. The van der Waals surface area contributed by atoms with Crippen molar-refractivity contribution in [3.63, 3.8) is 0 Å². The maximum absolute atomic E-state index is 13.6. The minimum Gasteiger partial charge on any atom is -0.368 e. The van der Waals surface area contributed by atoms with Crippen LogP contribution in [0.3, 0.4) is 0 Å². The average molecular weight is 402 g/mol. The van der Waals surface area contributed by atoms with E-state index in [0.29, 0.717) is 17.1 Å². The molecule has 1 N–H and O–H groups in total. The van der Waals surface area contributed by atoms with Crippen LogP contribution in [0.4, 0.5) is 10.1 Å². The molecule has 0 spiro atoms. The van der Waals surface area contributed by atoms with Crippen LogP contribution in [-0.4, -0.2) is 43.1 Å². The van der Waals surface area contributed by atoms with Crippen LogP contribution >= 0.6 is 0 Å². The smallest absolute Gasteiger partial charge is 0.268 e. The molecule has 0 aliphatic carbocycles. The van der Waals surface area contributed by atoms with Crippen molar-refractivity contribution in [3.8, 4) is 0 Å². The van der Waals surface area contributed by atoms with Gasteiger partial charge in [-0.2, -0.15) is 0 Å². The van der Waals surface area contributed by atoms with Crippen molar-refractivity contribution < 1.29 is 12.8 Å². The predicted octanol–water partition coefficient (Wildman–Crippen LogP) is 2.99. The Balaban J connectivity index is 1.76. The summed E-state index contributed by atoms with van der Waals surface area (Å²) < 4.78 is 41.2. The molecule has 28 heavy (non-hydrogen) atoms. The summed E-state index contributed by atoms with van der Waals surface area (Å²) in [5.41, 5.74) is 1.94. The number of hydrogen-bond acceptors (Lipinski definition) is 5. The molecule has 1 fully saturated rings. The van der Waals surface area contributed by atoms with E-state index >= 15 is 0 Å². The minimum atomic E-state index is -3.93. The molecular formula is C20H23FN4O2S. The lowest BCUT2D eigenvalue weighted by molar-refractivity contribution is 0.424. The van der Waals surface area contributed by atoms with Gasteiger partial charge in [0.05, 0.1) is 16.1 Å². The van der Waals surface area contributed by atoms with E-state index in [1.54, 1.807) is 24.5 Å². The van der Waals surface area contributed by atoms with Crippen molar-refractivity contribution in [1.29, 1.82) is 0 Å². The first kappa shape index (κ1) is 18.9. The van der Waals surface area contributed by atoms with Crippen LogP contribution in [0, 0.1) is 5.82 Å². The average Bonchev–Trinajstić information content (AvgIpc) is 3.09. The van der Waals surface area contributed by atoms with Crippen LogP contribution in [0.25, 0.3) is 11.0 Å². The van der Waals surface area contributed by atoms with Crippen LogP contribution in [0.5, 0.6) is 0 Å². The number of pyridine rings is 1. The zero-order valence-corrected chi connectivity index (χ0v) is 16.5. The van der Waals surface area contributed by atoms with Gasteiger partial charge in [0, 0.05) is 31.5 Å². The maximum atomic E-state index is 13.6. The van der Waals surface area contributed by atoms with Gasteiger partial charge in [-0.1, -0.05) is 13.0 Å². The summed E-state index contributed by atoms with van der Waals surface area (Å²) >= 11 is 0. The topological polar surface area (TPSA) is 67.2 Å². The molecule has 1 saturated heterocycles. The number of anilines is 1. The first-order chi connectivity index (χ1) is 13.5. The van der Waals surface area contributed by atoms with Gasteiger partial charge < -0.3 is 10.2 Å². The van der Waals surface area contributed by atoms with E-state index in [9.17, 15) is 12.8 Å². The number of nitrogens with one attached hydrogen (secondary N) is 1. The Labute approximate surface area is 164 Å². The van der Waals surface area contributed by atoms with E-state index in [1.807, 2.05) is 0 Å². The van der Waals surface area contributed by atoms with E-state index in [4.69, 9.17) is 0 Å². The number of rotatable bonds is 5. The lowest BCUT2D eigenvalue weighted by Crippen LogP contribution is -2.42. The van der Waals surface area contributed by atoms with Crippen LogP contribution in [0.1, 0.15) is 19.8 Å². The molecule has 3 aromatic rings. The van der Waals surface area contributed by atoms with E-state index in [1.165, 1.54) is 22.2 Å². The lowest BCUT2D eigenvalue weighted by Gasteiger charge is -2.33. The third-order valence-electron chi connectivity index (χ3n) is 5.19.